The van der Waals surface area contributed by atoms with Crippen LogP contribution in [0.2, 0.25) is 0 Å². The van der Waals surface area contributed by atoms with Crippen LogP contribution in [0.5, 0.6) is 0 Å². The van der Waals surface area contributed by atoms with E-state index in [1.165, 1.54) is 12.7 Å². The summed E-state index contributed by atoms with van der Waals surface area (Å²) in [6, 6.07) is 7.39. The number of hydrogen-bond donors (Lipinski definition) is 1. The third kappa shape index (κ3) is 3.83. The van der Waals surface area contributed by atoms with Crippen molar-refractivity contribution in [2.75, 3.05) is 7.11 Å². The molecule has 0 aliphatic carbocycles. The maximum Gasteiger partial charge on any atom is 0.331 e. The van der Waals surface area contributed by atoms with Crippen molar-refractivity contribution in [2.45, 2.75) is 45.6 Å². The minimum atomic E-state index is -0.982. The number of nitrogens with one attached hydrogen (secondary N) is 1. The molecule has 1 atom stereocenters. The lowest BCUT2D eigenvalue weighted by molar-refractivity contribution is -0.147. The van der Waals surface area contributed by atoms with Gasteiger partial charge in [-0.3, -0.25) is 4.79 Å². The number of carbonyl (C=O) groups excluding carboxylic acids is 2. The molecule has 0 aromatic heterocycles. The Balaban J connectivity index is 2.87. The summed E-state index contributed by atoms with van der Waals surface area (Å²) in [7, 11) is 1.33. The van der Waals surface area contributed by atoms with Gasteiger partial charge in [-0.1, -0.05) is 32.4 Å². The van der Waals surface area contributed by atoms with Gasteiger partial charge in [0.1, 0.15) is 5.54 Å². The van der Waals surface area contributed by atoms with Crippen LogP contribution in [0.4, 0.5) is 0 Å². The Bertz CT molecular complexity index is 467. The number of hydrogen-bond acceptors (Lipinski definition) is 3. The molecule has 20 heavy (non-hydrogen) atoms. The van der Waals surface area contributed by atoms with Crippen molar-refractivity contribution in [3.63, 3.8) is 0 Å². The van der Waals surface area contributed by atoms with E-state index in [0.29, 0.717) is 12.0 Å². The molecule has 0 fully saturated rings. The summed E-state index contributed by atoms with van der Waals surface area (Å²) in [6.45, 7) is 5.72. The van der Waals surface area contributed by atoms with Crippen LogP contribution in [-0.2, 0) is 16.0 Å². The molecular weight excluding hydrogens is 254 g/mol. The van der Waals surface area contributed by atoms with E-state index in [4.69, 9.17) is 4.74 Å². The molecule has 1 amide bonds. The fraction of sp³-hybridized carbons (Fsp3) is 0.500. The summed E-state index contributed by atoms with van der Waals surface area (Å²) in [6.07, 6.45) is 2.25. The van der Waals surface area contributed by atoms with Gasteiger partial charge in [0.25, 0.3) is 5.91 Å². The highest BCUT2D eigenvalue weighted by molar-refractivity contribution is 5.98. The molecule has 1 rings (SSSR count). The number of rotatable bonds is 6. The Morgan fingerprint density at radius 1 is 1.20 bits per heavy atom. The lowest BCUT2D eigenvalue weighted by Gasteiger charge is -2.27. The topological polar surface area (TPSA) is 55.4 Å². The standard InChI is InChI=1S/C16H23NO3/c1-5-11-16(3,15(19)20-4)17-14(18)13-9-7-12(6-2)8-10-13/h7-10H,5-6,11H2,1-4H3,(H,17,18). The molecule has 0 aliphatic rings. The SMILES string of the molecule is CCCC(C)(NC(=O)c1ccc(CC)cc1)C(=O)OC. The van der Waals surface area contributed by atoms with E-state index in [1.54, 1.807) is 19.1 Å². The van der Waals surface area contributed by atoms with E-state index in [1.807, 2.05) is 19.1 Å². The largest absolute Gasteiger partial charge is 0.467 e. The van der Waals surface area contributed by atoms with Crippen LogP contribution >= 0.6 is 0 Å². The average molecular weight is 277 g/mol. The zero-order valence-electron chi connectivity index (χ0n) is 12.7. The van der Waals surface area contributed by atoms with Gasteiger partial charge >= 0.3 is 5.97 Å². The molecule has 1 aromatic rings. The van der Waals surface area contributed by atoms with Gasteiger partial charge in [0, 0.05) is 5.56 Å². The number of carbonyl (C=O) groups is 2. The first kappa shape index (κ1) is 16.2. The number of methoxy groups -OCH3 is 1. The molecular formula is C16H23NO3. The van der Waals surface area contributed by atoms with E-state index in [2.05, 4.69) is 12.2 Å². The summed E-state index contributed by atoms with van der Waals surface area (Å²) in [5, 5.41) is 2.79. The van der Waals surface area contributed by atoms with Gasteiger partial charge in [0.15, 0.2) is 0 Å². The highest BCUT2D eigenvalue weighted by Gasteiger charge is 2.35. The van der Waals surface area contributed by atoms with Gasteiger partial charge in [-0.15, -0.1) is 0 Å². The van der Waals surface area contributed by atoms with Crippen LogP contribution in [0.25, 0.3) is 0 Å². The normalized spacial score (nSPS) is 13.4. The highest BCUT2D eigenvalue weighted by Crippen LogP contribution is 2.16. The number of amides is 1. The summed E-state index contributed by atoms with van der Waals surface area (Å²) < 4.78 is 4.79. The van der Waals surface area contributed by atoms with Crippen LogP contribution in [0.15, 0.2) is 24.3 Å². The number of benzene rings is 1. The first-order valence-electron chi connectivity index (χ1n) is 6.96. The van der Waals surface area contributed by atoms with E-state index in [0.717, 1.165) is 12.8 Å². The van der Waals surface area contributed by atoms with E-state index >= 15 is 0 Å². The minimum absolute atomic E-state index is 0.256. The first-order valence-corrected chi connectivity index (χ1v) is 6.96. The molecule has 1 aromatic carbocycles. The van der Waals surface area contributed by atoms with Gasteiger partial charge in [-0.25, -0.2) is 4.79 Å². The van der Waals surface area contributed by atoms with Crippen molar-refractivity contribution in [3.05, 3.63) is 35.4 Å². The number of aryl methyl sites for hydroxylation is 1. The van der Waals surface area contributed by atoms with Gasteiger partial charge in [-0.05, 0) is 37.5 Å². The molecule has 0 saturated carbocycles. The molecule has 0 bridgehead atoms. The lowest BCUT2D eigenvalue weighted by Crippen LogP contribution is -2.52. The molecule has 0 radical (unpaired) electrons. The second kappa shape index (κ2) is 7.08. The third-order valence-corrected chi connectivity index (χ3v) is 3.40. The maximum absolute atomic E-state index is 12.2. The summed E-state index contributed by atoms with van der Waals surface area (Å²) in [4.78, 5) is 24.1. The fourth-order valence-corrected chi connectivity index (χ4v) is 2.16. The Kier molecular flexibility index (Phi) is 5.74. The fourth-order valence-electron chi connectivity index (χ4n) is 2.16. The second-order valence-electron chi connectivity index (χ2n) is 5.08. The van der Waals surface area contributed by atoms with Crippen LogP contribution in [0.1, 0.15) is 49.5 Å². The molecule has 1 unspecified atom stereocenters. The Labute approximate surface area is 120 Å². The zero-order chi connectivity index (χ0) is 15.2. The van der Waals surface area contributed by atoms with Crippen LogP contribution in [0.3, 0.4) is 0 Å². The van der Waals surface area contributed by atoms with Crippen LogP contribution in [-0.4, -0.2) is 24.5 Å². The third-order valence-electron chi connectivity index (χ3n) is 3.40. The van der Waals surface area contributed by atoms with Crippen molar-refractivity contribution >= 4 is 11.9 Å². The number of ether oxygens (including phenoxy) is 1. The first-order chi connectivity index (χ1) is 9.46. The van der Waals surface area contributed by atoms with Gasteiger partial charge < -0.3 is 10.1 Å². The molecule has 0 saturated heterocycles. The lowest BCUT2D eigenvalue weighted by atomic mass is 9.95. The predicted molar refractivity (Wildman–Crippen MR) is 78.6 cm³/mol. The highest BCUT2D eigenvalue weighted by atomic mass is 16.5. The summed E-state index contributed by atoms with van der Waals surface area (Å²) >= 11 is 0. The Morgan fingerprint density at radius 3 is 2.25 bits per heavy atom. The van der Waals surface area contributed by atoms with Crippen LogP contribution < -0.4 is 5.32 Å². The van der Waals surface area contributed by atoms with Gasteiger partial charge in [0.2, 0.25) is 0 Å². The van der Waals surface area contributed by atoms with Gasteiger partial charge in [0.05, 0.1) is 7.11 Å². The van der Waals surface area contributed by atoms with Crippen molar-refractivity contribution in [2.24, 2.45) is 0 Å². The van der Waals surface area contributed by atoms with E-state index < -0.39 is 11.5 Å². The second-order valence-corrected chi connectivity index (χ2v) is 5.08. The number of esters is 1. The average Bonchev–Trinajstić information content (AvgIpc) is 2.46. The molecule has 0 aliphatic heterocycles. The molecule has 0 spiro atoms. The molecule has 4 heteroatoms. The minimum Gasteiger partial charge on any atom is -0.467 e. The Morgan fingerprint density at radius 2 is 1.80 bits per heavy atom. The van der Waals surface area contributed by atoms with E-state index in [-0.39, 0.29) is 5.91 Å². The summed E-state index contributed by atoms with van der Waals surface area (Å²) in [5.41, 5.74) is 0.739. The molecule has 0 heterocycles. The van der Waals surface area contributed by atoms with Crippen molar-refractivity contribution in [1.82, 2.24) is 5.32 Å². The van der Waals surface area contributed by atoms with Crippen molar-refractivity contribution in [1.29, 1.82) is 0 Å². The smallest absolute Gasteiger partial charge is 0.331 e. The van der Waals surface area contributed by atoms with Crippen LogP contribution in [0, 0.1) is 0 Å². The molecule has 110 valence electrons. The zero-order valence-corrected chi connectivity index (χ0v) is 12.7. The maximum atomic E-state index is 12.2. The predicted octanol–water partition coefficient (Wildman–Crippen LogP) is 2.71. The molecule has 1 N–H and O–H groups in total. The van der Waals surface area contributed by atoms with E-state index in [9.17, 15) is 9.59 Å². The molecule has 4 nitrogen and oxygen atoms in total. The monoisotopic (exact) mass is 277 g/mol. The summed E-state index contributed by atoms with van der Waals surface area (Å²) in [5.74, 6) is -0.674. The van der Waals surface area contributed by atoms with Crippen molar-refractivity contribution in [3.8, 4) is 0 Å². The Hall–Kier alpha value is -1.84. The van der Waals surface area contributed by atoms with Gasteiger partial charge in [-0.2, -0.15) is 0 Å². The van der Waals surface area contributed by atoms with Crippen molar-refractivity contribution < 1.29 is 14.3 Å². The quantitative estimate of drug-likeness (QED) is 0.813.